The van der Waals surface area contributed by atoms with Crippen molar-refractivity contribution in [3.63, 3.8) is 0 Å². The quantitative estimate of drug-likeness (QED) is 0.692. The van der Waals surface area contributed by atoms with Gasteiger partial charge in [-0.2, -0.15) is 10.5 Å². The first kappa shape index (κ1) is 12.9. The van der Waals surface area contributed by atoms with E-state index in [1.54, 1.807) is 0 Å². The van der Waals surface area contributed by atoms with Crippen LogP contribution in [0.1, 0.15) is 36.5 Å². The largest absolute Gasteiger partial charge is 0.192 e. The summed E-state index contributed by atoms with van der Waals surface area (Å²) in [7, 11) is 0. The fourth-order valence-electron chi connectivity index (χ4n) is 2.58. The van der Waals surface area contributed by atoms with E-state index >= 15 is 0 Å². The molecule has 1 aliphatic rings. The van der Waals surface area contributed by atoms with Crippen LogP contribution in [-0.2, 0) is 0 Å². The van der Waals surface area contributed by atoms with Crippen molar-refractivity contribution in [3.05, 3.63) is 53.1 Å². The van der Waals surface area contributed by atoms with E-state index < -0.39 is 0 Å². The SMILES string of the molecule is C=Cc1cccc2c1/C(=C\C)CCC2=C(C#N)C#N. The number of nitriles is 2. The molecule has 2 nitrogen and oxygen atoms in total. The lowest BCUT2D eigenvalue weighted by molar-refractivity contribution is 1.05. The number of nitrogens with zero attached hydrogens (tertiary/aromatic N) is 2. The first-order chi connectivity index (χ1) is 9.26. The second kappa shape index (κ2) is 5.38. The summed E-state index contributed by atoms with van der Waals surface area (Å²) < 4.78 is 0. The normalized spacial score (nSPS) is 15.3. The Hall–Kier alpha value is -2.58. The molecule has 0 N–H and O–H groups in total. The molecular formula is C17H14N2. The Morgan fingerprint density at radius 1 is 1.26 bits per heavy atom. The van der Waals surface area contributed by atoms with E-state index in [-0.39, 0.29) is 5.57 Å². The molecule has 0 unspecified atom stereocenters. The smallest absolute Gasteiger partial charge is 0.133 e. The molecule has 0 radical (unpaired) electrons. The van der Waals surface area contributed by atoms with Crippen LogP contribution in [0.3, 0.4) is 0 Å². The van der Waals surface area contributed by atoms with Crippen molar-refractivity contribution < 1.29 is 0 Å². The summed E-state index contributed by atoms with van der Waals surface area (Å²) in [6.45, 7) is 5.86. The van der Waals surface area contributed by atoms with Crippen molar-refractivity contribution >= 4 is 17.2 Å². The number of rotatable bonds is 1. The summed E-state index contributed by atoms with van der Waals surface area (Å²) in [5.74, 6) is 0. The van der Waals surface area contributed by atoms with Gasteiger partial charge in [-0.05, 0) is 47.6 Å². The Kier molecular flexibility index (Phi) is 3.64. The van der Waals surface area contributed by atoms with Gasteiger partial charge in [-0.15, -0.1) is 0 Å². The standard InChI is InChI=1S/C17H14N2/c1-3-12-6-5-7-16-15(14(10-18)11-19)9-8-13(4-2)17(12)16/h3-7H,1,8-9H2,2H3/b13-4-. The van der Waals surface area contributed by atoms with Gasteiger partial charge >= 0.3 is 0 Å². The Bertz CT molecular complexity index is 660. The van der Waals surface area contributed by atoms with E-state index in [0.717, 1.165) is 35.1 Å². The fraction of sp³-hybridized carbons (Fsp3) is 0.176. The van der Waals surface area contributed by atoms with Crippen LogP contribution in [0, 0.1) is 22.7 Å². The van der Waals surface area contributed by atoms with Gasteiger partial charge in [0, 0.05) is 0 Å². The van der Waals surface area contributed by atoms with Crippen LogP contribution in [0.2, 0.25) is 0 Å². The van der Waals surface area contributed by atoms with Crippen LogP contribution in [0.4, 0.5) is 0 Å². The lowest BCUT2D eigenvalue weighted by Crippen LogP contribution is -2.05. The van der Waals surface area contributed by atoms with Gasteiger partial charge in [0.2, 0.25) is 0 Å². The zero-order chi connectivity index (χ0) is 13.8. The third kappa shape index (κ3) is 2.09. The van der Waals surface area contributed by atoms with Gasteiger partial charge in [-0.1, -0.05) is 36.9 Å². The molecule has 2 heteroatoms. The van der Waals surface area contributed by atoms with Crippen LogP contribution < -0.4 is 0 Å². The Balaban J connectivity index is 2.82. The Labute approximate surface area is 113 Å². The zero-order valence-electron chi connectivity index (χ0n) is 10.9. The highest BCUT2D eigenvalue weighted by Gasteiger charge is 2.22. The van der Waals surface area contributed by atoms with Crippen molar-refractivity contribution in [1.82, 2.24) is 0 Å². The van der Waals surface area contributed by atoms with Crippen LogP contribution >= 0.6 is 0 Å². The van der Waals surface area contributed by atoms with Crippen molar-refractivity contribution in [2.24, 2.45) is 0 Å². The number of hydrogen-bond acceptors (Lipinski definition) is 2. The second-order valence-corrected chi connectivity index (χ2v) is 4.36. The summed E-state index contributed by atoms with van der Waals surface area (Å²) in [5.41, 5.74) is 5.49. The minimum Gasteiger partial charge on any atom is -0.192 e. The van der Waals surface area contributed by atoms with E-state index in [1.807, 2.05) is 43.3 Å². The fourth-order valence-corrected chi connectivity index (χ4v) is 2.58. The molecule has 0 amide bonds. The van der Waals surface area contributed by atoms with E-state index in [9.17, 15) is 0 Å². The first-order valence-corrected chi connectivity index (χ1v) is 6.21. The lowest BCUT2D eigenvalue weighted by atomic mass is 9.79. The predicted molar refractivity (Wildman–Crippen MR) is 77.6 cm³/mol. The molecule has 1 aliphatic carbocycles. The van der Waals surface area contributed by atoms with Gasteiger partial charge < -0.3 is 0 Å². The topological polar surface area (TPSA) is 47.6 Å². The molecule has 0 aromatic heterocycles. The molecule has 0 atom stereocenters. The lowest BCUT2D eigenvalue weighted by Gasteiger charge is -2.23. The summed E-state index contributed by atoms with van der Waals surface area (Å²) in [5, 5.41) is 18.2. The number of benzene rings is 1. The van der Waals surface area contributed by atoms with Crippen LogP contribution in [0.25, 0.3) is 17.2 Å². The van der Waals surface area contributed by atoms with Crippen molar-refractivity contribution in [3.8, 4) is 12.1 Å². The number of allylic oxidation sites excluding steroid dienone is 4. The maximum Gasteiger partial charge on any atom is 0.133 e. The molecule has 0 saturated carbocycles. The molecule has 0 saturated heterocycles. The van der Waals surface area contributed by atoms with Crippen LogP contribution in [0.15, 0.2) is 36.4 Å². The van der Waals surface area contributed by atoms with Gasteiger partial charge in [-0.3, -0.25) is 0 Å². The average Bonchev–Trinajstić information content (AvgIpc) is 2.47. The van der Waals surface area contributed by atoms with Gasteiger partial charge in [0.1, 0.15) is 17.7 Å². The molecule has 0 aliphatic heterocycles. The van der Waals surface area contributed by atoms with Crippen molar-refractivity contribution in [2.45, 2.75) is 19.8 Å². The van der Waals surface area contributed by atoms with E-state index in [4.69, 9.17) is 10.5 Å². The van der Waals surface area contributed by atoms with E-state index in [0.29, 0.717) is 0 Å². The maximum atomic E-state index is 9.09. The third-order valence-corrected chi connectivity index (χ3v) is 3.48. The van der Waals surface area contributed by atoms with Gasteiger partial charge in [-0.25, -0.2) is 0 Å². The van der Waals surface area contributed by atoms with Gasteiger partial charge in [0.05, 0.1) is 0 Å². The van der Waals surface area contributed by atoms with Crippen LogP contribution in [0.5, 0.6) is 0 Å². The minimum absolute atomic E-state index is 0.220. The van der Waals surface area contributed by atoms with E-state index in [2.05, 4.69) is 12.7 Å². The molecule has 92 valence electrons. The summed E-state index contributed by atoms with van der Waals surface area (Å²) in [4.78, 5) is 0. The highest BCUT2D eigenvalue weighted by atomic mass is 14.3. The first-order valence-electron chi connectivity index (χ1n) is 6.21. The zero-order valence-corrected chi connectivity index (χ0v) is 10.9. The predicted octanol–water partition coefficient (Wildman–Crippen LogP) is 4.33. The molecule has 0 bridgehead atoms. The number of fused-ring (bicyclic) bond motifs is 1. The number of hydrogen-bond donors (Lipinski definition) is 0. The third-order valence-electron chi connectivity index (χ3n) is 3.48. The summed E-state index contributed by atoms with van der Waals surface area (Å²) in [6.07, 6.45) is 5.52. The summed E-state index contributed by atoms with van der Waals surface area (Å²) in [6, 6.07) is 9.95. The van der Waals surface area contributed by atoms with Gasteiger partial charge in [0.25, 0.3) is 0 Å². The molecule has 1 aromatic rings. The summed E-state index contributed by atoms with van der Waals surface area (Å²) >= 11 is 0. The molecule has 0 spiro atoms. The molecule has 19 heavy (non-hydrogen) atoms. The molecule has 1 aromatic carbocycles. The molecule has 0 fully saturated rings. The van der Waals surface area contributed by atoms with E-state index in [1.165, 1.54) is 5.57 Å². The maximum absolute atomic E-state index is 9.09. The Morgan fingerprint density at radius 3 is 2.58 bits per heavy atom. The highest BCUT2D eigenvalue weighted by Crippen LogP contribution is 2.41. The molecular weight excluding hydrogens is 232 g/mol. The van der Waals surface area contributed by atoms with Crippen molar-refractivity contribution in [2.75, 3.05) is 0 Å². The second-order valence-electron chi connectivity index (χ2n) is 4.36. The molecule has 2 rings (SSSR count). The van der Waals surface area contributed by atoms with Gasteiger partial charge in [0.15, 0.2) is 0 Å². The molecule has 0 heterocycles. The highest BCUT2D eigenvalue weighted by molar-refractivity contribution is 5.91. The average molecular weight is 246 g/mol. The van der Waals surface area contributed by atoms with Crippen LogP contribution in [-0.4, -0.2) is 0 Å². The minimum atomic E-state index is 0.220. The monoisotopic (exact) mass is 246 g/mol. The van der Waals surface area contributed by atoms with Crippen molar-refractivity contribution in [1.29, 1.82) is 10.5 Å². The Morgan fingerprint density at radius 2 is 2.00 bits per heavy atom.